The summed E-state index contributed by atoms with van der Waals surface area (Å²) in [7, 11) is 0. The maximum Gasteiger partial charge on any atom is 0.573 e. The number of rotatable bonds is 4. The van der Waals surface area contributed by atoms with Gasteiger partial charge in [-0.15, -0.1) is 13.2 Å². The predicted octanol–water partition coefficient (Wildman–Crippen LogP) is 6.14. The van der Waals surface area contributed by atoms with Crippen molar-refractivity contribution in [2.45, 2.75) is 31.0 Å². The molecule has 25 heavy (non-hydrogen) atoms. The van der Waals surface area contributed by atoms with E-state index < -0.39 is 6.36 Å². The van der Waals surface area contributed by atoms with Crippen molar-refractivity contribution < 1.29 is 17.9 Å². The smallest absolute Gasteiger partial charge is 0.406 e. The topological polar surface area (TPSA) is 9.23 Å². The molecule has 0 heterocycles. The minimum absolute atomic E-state index is 0.201. The number of allylic oxidation sites excluding steroid dienone is 4. The fourth-order valence-corrected chi connectivity index (χ4v) is 3.17. The molecule has 1 nitrogen and oxygen atoms in total. The molecular weight excluding hydrogens is 325 g/mol. The number of benzene rings is 2. The summed E-state index contributed by atoms with van der Waals surface area (Å²) >= 11 is 0. The molecule has 2 aromatic carbocycles. The minimum atomic E-state index is -4.67. The maximum atomic E-state index is 12.3. The summed E-state index contributed by atoms with van der Waals surface area (Å²) in [6, 6.07) is 16.3. The molecule has 0 aliphatic heterocycles. The molecule has 3 rings (SSSR count). The molecule has 0 radical (unpaired) electrons. The summed E-state index contributed by atoms with van der Waals surface area (Å²) in [5.74, 6) is 0.0159. The van der Waals surface area contributed by atoms with Crippen molar-refractivity contribution in [3.63, 3.8) is 0 Å². The van der Waals surface area contributed by atoms with Crippen LogP contribution < -0.4 is 4.74 Å². The number of alkyl halides is 3. The predicted molar refractivity (Wildman–Crippen MR) is 92.6 cm³/mol. The van der Waals surface area contributed by atoms with Gasteiger partial charge in [-0.05, 0) is 29.7 Å². The highest BCUT2D eigenvalue weighted by atomic mass is 19.4. The second kappa shape index (κ2) is 6.79. The average Bonchev–Trinajstić information content (AvgIpc) is 2.62. The molecule has 0 N–H and O–H groups in total. The number of ether oxygens (including phenoxy) is 1. The summed E-state index contributed by atoms with van der Waals surface area (Å²) in [5.41, 5.74) is 1.86. The third-order valence-electron chi connectivity index (χ3n) is 4.60. The van der Waals surface area contributed by atoms with Gasteiger partial charge in [-0.3, -0.25) is 0 Å². The quantitative estimate of drug-likeness (QED) is 0.605. The summed E-state index contributed by atoms with van der Waals surface area (Å²) in [6.07, 6.45) is 4.74. The van der Waals surface area contributed by atoms with E-state index in [1.54, 1.807) is 12.1 Å². The third-order valence-corrected chi connectivity index (χ3v) is 4.60. The average molecular weight is 344 g/mol. The maximum absolute atomic E-state index is 12.3. The van der Waals surface area contributed by atoms with Gasteiger partial charge in [-0.25, -0.2) is 0 Å². The van der Waals surface area contributed by atoms with Crippen LogP contribution in [0.2, 0.25) is 0 Å². The lowest BCUT2D eigenvalue weighted by atomic mass is 9.73. The molecule has 1 aliphatic carbocycles. The van der Waals surface area contributed by atoms with Crippen LogP contribution in [0.3, 0.4) is 0 Å². The number of hydrogen-bond acceptors (Lipinski definition) is 1. The monoisotopic (exact) mass is 344 g/mol. The Morgan fingerprint density at radius 1 is 0.920 bits per heavy atom. The molecule has 0 saturated heterocycles. The van der Waals surface area contributed by atoms with E-state index in [4.69, 9.17) is 0 Å². The molecule has 0 saturated carbocycles. The van der Waals surface area contributed by atoms with Gasteiger partial charge in [-0.2, -0.15) is 0 Å². The molecule has 130 valence electrons. The van der Waals surface area contributed by atoms with Gasteiger partial charge >= 0.3 is 6.36 Å². The molecule has 1 aliphatic rings. The Bertz CT molecular complexity index is 744. The van der Waals surface area contributed by atoms with Crippen LogP contribution in [0.5, 0.6) is 5.75 Å². The molecule has 2 aromatic rings. The summed E-state index contributed by atoms with van der Waals surface area (Å²) in [6.45, 7) is 2.07. The van der Waals surface area contributed by atoms with E-state index in [0.29, 0.717) is 0 Å². The molecule has 4 heteroatoms. The van der Waals surface area contributed by atoms with E-state index in [1.165, 1.54) is 17.7 Å². The van der Waals surface area contributed by atoms with Gasteiger partial charge in [0.15, 0.2) is 0 Å². The van der Waals surface area contributed by atoms with Crippen LogP contribution in [-0.2, 0) is 5.41 Å². The fraction of sp³-hybridized carbons (Fsp3) is 0.238. The van der Waals surface area contributed by atoms with Crippen molar-refractivity contribution in [3.05, 3.63) is 90.0 Å². The van der Waals surface area contributed by atoms with E-state index in [9.17, 15) is 13.2 Å². The lowest BCUT2D eigenvalue weighted by Crippen LogP contribution is -2.22. The second-order valence-electron chi connectivity index (χ2n) is 6.12. The molecule has 0 amide bonds. The highest BCUT2D eigenvalue weighted by molar-refractivity contribution is 5.44. The van der Waals surface area contributed by atoms with Crippen molar-refractivity contribution >= 4 is 0 Å². The zero-order chi connectivity index (χ0) is 17.9. The van der Waals surface area contributed by atoms with Gasteiger partial charge in [0.1, 0.15) is 5.75 Å². The highest BCUT2D eigenvalue weighted by Crippen LogP contribution is 2.38. The Morgan fingerprint density at radius 3 is 2.04 bits per heavy atom. The van der Waals surface area contributed by atoms with Gasteiger partial charge < -0.3 is 4.74 Å². The van der Waals surface area contributed by atoms with Gasteiger partial charge in [0.2, 0.25) is 0 Å². The first-order valence-corrected chi connectivity index (χ1v) is 8.22. The summed E-state index contributed by atoms with van der Waals surface area (Å²) in [4.78, 5) is 0. The van der Waals surface area contributed by atoms with Crippen molar-refractivity contribution in [2.24, 2.45) is 0 Å². The van der Waals surface area contributed by atoms with Crippen LogP contribution >= 0.6 is 0 Å². The van der Waals surface area contributed by atoms with E-state index in [2.05, 4.69) is 48.1 Å². The number of hydrogen-bond donors (Lipinski definition) is 0. The van der Waals surface area contributed by atoms with Crippen molar-refractivity contribution in [2.75, 3.05) is 0 Å². The van der Waals surface area contributed by atoms with E-state index >= 15 is 0 Å². The fourth-order valence-electron chi connectivity index (χ4n) is 3.17. The van der Waals surface area contributed by atoms with E-state index in [1.807, 2.05) is 18.2 Å². The zero-order valence-corrected chi connectivity index (χ0v) is 13.8. The first-order valence-electron chi connectivity index (χ1n) is 8.22. The molecule has 0 aromatic heterocycles. The number of halogens is 3. The Kier molecular flexibility index (Phi) is 4.71. The van der Waals surface area contributed by atoms with Crippen LogP contribution in [0.1, 0.15) is 30.4 Å². The van der Waals surface area contributed by atoms with Crippen molar-refractivity contribution in [3.8, 4) is 5.75 Å². The molecule has 0 bridgehead atoms. The normalized spacial score (nSPS) is 22.8. The SMILES string of the molecule is CCC1(c2ccc(OC(F)(F)F)cc2)C=CC(c2ccccc2)C=C1. The molecule has 0 unspecified atom stereocenters. The summed E-state index contributed by atoms with van der Waals surface area (Å²) < 4.78 is 40.8. The molecule has 0 atom stereocenters. The Morgan fingerprint density at radius 2 is 1.52 bits per heavy atom. The van der Waals surface area contributed by atoms with Gasteiger partial charge in [0, 0.05) is 11.3 Å². The van der Waals surface area contributed by atoms with Crippen molar-refractivity contribution in [1.29, 1.82) is 0 Å². The lowest BCUT2D eigenvalue weighted by Gasteiger charge is -2.31. The van der Waals surface area contributed by atoms with E-state index in [-0.39, 0.29) is 17.1 Å². The highest BCUT2D eigenvalue weighted by Gasteiger charge is 2.32. The Labute approximate surface area is 145 Å². The summed E-state index contributed by atoms with van der Waals surface area (Å²) in [5, 5.41) is 0. The van der Waals surface area contributed by atoms with Gasteiger partial charge in [0.05, 0.1) is 0 Å². The van der Waals surface area contributed by atoms with Crippen LogP contribution in [0.25, 0.3) is 0 Å². The molecular formula is C21H19F3O. The molecule has 0 fully saturated rings. The first kappa shape index (κ1) is 17.3. The Hall–Kier alpha value is -2.49. The van der Waals surface area contributed by atoms with Crippen LogP contribution in [0.15, 0.2) is 78.9 Å². The zero-order valence-electron chi connectivity index (χ0n) is 13.8. The van der Waals surface area contributed by atoms with Crippen LogP contribution in [-0.4, -0.2) is 6.36 Å². The van der Waals surface area contributed by atoms with Crippen LogP contribution in [0, 0.1) is 0 Å². The molecule has 0 spiro atoms. The van der Waals surface area contributed by atoms with Gasteiger partial charge in [0.25, 0.3) is 0 Å². The lowest BCUT2D eigenvalue weighted by molar-refractivity contribution is -0.274. The van der Waals surface area contributed by atoms with E-state index in [0.717, 1.165) is 12.0 Å². The largest absolute Gasteiger partial charge is 0.573 e. The van der Waals surface area contributed by atoms with Gasteiger partial charge in [-0.1, -0.05) is 73.7 Å². The van der Waals surface area contributed by atoms with Crippen LogP contribution in [0.4, 0.5) is 13.2 Å². The standard InChI is InChI=1S/C21H19F3O/c1-2-20(18-8-10-19(11-9-18)25-21(22,23)24)14-12-17(13-15-20)16-6-4-3-5-7-16/h3-15,17H,2H2,1H3. The van der Waals surface area contributed by atoms with Crippen molar-refractivity contribution in [1.82, 2.24) is 0 Å². The second-order valence-corrected chi connectivity index (χ2v) is 6.12. The third kappa shape index (κ3) is 3.95. The first-order chi connectivity index (χ1) is 11.9. The minimum Gasteiger partial charge on any atom is -0.406 e. The Balaban J connectivity index is 1.82.